The number of halogens is 2. The minimum absolute atomic E-state index is 0.521. The fourth-order valence-corrected chi connectivity index (χ4v) is 2.61. The van der Waals surface area contributed by atoms with Crippen LogP contribution in [0.2, 0.25) is 10.0 Å². The van der Waals surface area contributed by atoms with E-state index in [1.165, 1.54) is 5.56 Å². The average Bonchev–Trinajstić information content (AvgIpc) is 3.01. The highest BCUT2D eigenvalue weighted by atomic mass is 35.5. The smallest absolute Gasteiger partial charge is 0.137 e. The highest BCUT2D eigenvalue weighted by Gasteiger charge is 2.08. The Bertz CT molecular complexity index is 796. The van der Waals surface area contributed by atoms with Crippen LogP contribution in [-0.4, -0.2) is 17.0 Å². The van der Waals surface area contributed by atoms with Crippen LogP contribution in [0.3, 0.4) is 0 Å². The Hall–Kier alpha value is -1.81. The summed E-state index contributed by atoms with van der Waals surface area (Å²) < 4.78 is 0. The van der Waals surface area contributed by atoms with Gasteiger partial charge < -0.3 is 10.3 Å². The molecule has 112 valence electrons. The minimum atomic E-state index is 0.521. The van der Waals surface area contributed by atoms with Crippen LogP contribution in [0.1, 0.15) is 5.56 Å². The summed E-state index contributed by atoms with van der Waals surface area (Å²) in [5.74, 6) is 0.771. The first kappa shape index (κ1) is 15.1. The summed E-state index contributed by atoms with van der Waals surface area (Å²) in [6.45, 7) is 0.835. The molecule has 0 saturated carbocycles. The maximum absolute atomic E-state index is 6.06. The molecule has 3 aromatic rings. The maximum Gasteiger partial charge on any atom is 0.137 e. The van der Waals surface area contributed by atoms with Gasteiger partial charge in [-0.2, -0.15) is 0 Å². The van der Waals surface area contributed by atoms with E-state index in [1.54, 1.807) is 6.07 Å². The van der Waals surface area contributed by atoms with Crippen molar-refractivity contribution in [1.82, 2.24) is 15.3 Å². The van der Waals surface area contributed by atoms with Gasteiger partial charge in [0.15, 0.2) is 0 Å². The molecule has 22 heavy (non-hydrogen) atoms. The number of nitrogens with one attached hydrogen (secondary N) is 2. The molecule has 0 aliphatic carbocycles. The Morgan fingerprint density at radius 1 is 1.05 bits per heavy atom. The molecule has 3 nitrogen and oxygen atoms in total. The monoisotopic (exact) mass is 331 g/mol. The molecule has 0 spiro atoms. The first-order chi connectivity index (χ1) is 10.7. The Labute approximate surface area is 139 Å². The molecule has 1 heterocycles. The zero-order valence-electron chi connectivity index (χ0n) is 12.0. The fraction of sp³-hybridized carbons (Fsp3) is 0.118. The molecule has 0 radical (unpaired) electrons. The van der Waals surface area contributed by atoms with Crippen molar-refractivity contribution in [3.8, 4) is 22.6 Å². The highest BCUT2D eigenvalue weighted by Crippen LogP contribution is 2.28. The van der Waals surface area contributed by atoms with Gasteiger partial charge in [0.2, 0.25) is 0 Å². The van der Waals surface area contributed by atoms with E-state index in [9.17, 15) is 0 Å². The van der Waals surface area contributed by atoms with Gasteiger partial charge in [0.25, 0.3) is 0 Å². The maximum atomic E-state index is 6.06. The summed E-state index contributed by atoms with van der Waals surface area (Å²) in [5, 5.41) is 4.21. The summed E-state index contributed by atoms with van der Waals surface area (Å²) in [4.78, 5) is 7.76. The van der Waals surface area contributed by atoms with Crippen molar-refractivity contribution < 1.29 is 0 Å². The van der Waals surface area contributed by atoms with Crippen molar-refractivity contribution in [2.45, 2.75) is 6.54 Å². The Morgan fingerprint density at radius 3 is 2.68 bits per heavy atom. The molecule has 3 rings (SSSR count). The Balaban J connectivity index is 1.93. The molecule has 0 atom stereocenters. The first-order valence-corrected chi connectivity index (χ1v) is 7.67. The molecule has 0 aliphatic rings. The van der Waals surface area contributed by atoms with E-state index in [-0.39, 0.29) is 0 Å². The Morgan fingerprint density at radius 2 is 1.91 bits per heavy atom. The number of aromatic amines is 1. The van der Waals surface area contributed by atoms with Gasteiger partial charge in [0.1, 0.15) is 5.82 Å². The van der Waals surface area contributed by atoms with Gasteiger partial charge in [-0.15, -0.1) is 0 Å². The van der Waals surface area contributed by atoms with Crippen LogP contribution < -0.4 is 5.32 Å². The van der Waals surface area contributed by atoms with Crippen LogP contribution in [-0.2, 0) is 6.54 Å². The predicted octanol–water partition coefficient (Wildman–Crippen LogP) is 4.77. The second kappa shape index (κ2) is 6.53. The summed E-state index contributed by atoms with van der Waals surface area (Å²) >= 11 is 12.0. The molecule has 0 fully saturated rings. The SMILES string of the molecule is CNCc1cccc(-c2cnc(-c3ccc(Cl)c(Cl)c3)[nH]2)c1. The number of aromatic nitrogens is 2. The van der Waals surface area contributed by atoms with E-state index in [0.717, 1.165) is 29.2 Å². The third kappa shape index (κ3) is 3.17. The van der Waals surface area contributed by atoms with Gasteiger partial charge in [-0.25, -0.2) is 4.98 Å². The zero-order chi connectivity index (χ0) is 15.5. The van der Waals surface area contributed by atoms with Crippen molar-refractivity contribution in [2.24, 2.45) is 0 Å². The van der Waals surface area contributed by atoms with Crippen LogP contribution in [0.5, 0.6) is 0 Å². The van der Waals surface area contributed by atoms with E-state index in [2.05, 4.69) is 33.5 Å². The van der Waals surface area contributed by atoms with Crippen LogP contribution >= 0.6 is 23.2 Å². The minimum Gasteiger partial charge on any atom is -0.338 e. The third-order valence-corrected chi connectivity index (χ3v) is 4.13. The normalized spacial score (nSPS) is 10.9. The third-order valence-electron chi connectivity index (χ3n) is 3.39. The number of imidazole rings is 1. The number of benzene rings is 2. The number of H-pyrrole nitrogens is 1. The topological polar surface area (TPSA) is 40.7 Å². The number of hydrogen-bond donors (Lipinski definition) is 2. The molecule has 1 aromatic heterocycles. The number of nitrogens with zero attached hydrogens (tertiary/aromatic N) is 1. The van der Waals surface area contributed by atoms with Crippen LogP contribution in [0.15, 0.2) is 48.7 Å². The summed E-state index contributed by atoms with van der Waals surface area (Å²) in [5.41, 5.74) is 4.21. The summed E-state index contributed by atoms with van der Waals surface area (Å²) in [6.07, 6.45) is 1.83. The molecular formula is C17H15Cl2N3. The van der Waals surface area contributed by atoms with Crippen LogP contribution in [0.25, 0.3) is 22.6 Å². The second-order valence-corrected chi connectivity index (χ2v) is 5.82. The van der Waals surface area contributed by atoms with E-state index in [0.29, 0.717) is 10.0 Å². The summed E-state index contributed by atoms with van der Waals surface area (Å²) in [6, 6.07) is 13.8. The van der Waals surface area contributed by atoms with Crippen molar-refractivity contribution in [3.63, 3.8) is 0 Å². The first-order valence-electron chi connectivity index (χ1n) is 6.91. The predicted molar refractivity (Wildman–Crippen MR) is 92.2 cm³/mol. The molecule has 0 bridgehead atoms. The van der Waals surface area contributed by atoms with E-state index in [1.807, 2.05) is 31.4 Å². The van der Waals surface area contributed by atoms with Gasteiger partial charge in [-0.1, -0.05) is 41.4 Å². The van der Waals surface area contributed by atoms with E-state index < -0.39 is 0 Å². The van der Waals surface area contributed by atoms with Crippen LogP contribution in [0, 0.1) is 0 Å². The number of rotatable bonds is 4. The standard InChI is InChI=1S/C17H15Cl2N3/c1-20-9-11-3-2-4-12(7-11)16-10-21-17(22-16)13-5-6-14(18)15(19)8-13/h2-8,10,20H,9H2,1H3,(H,21,22). The highest BCUT2D eigenvalue weighted by molar-refractivity contribution is 6.42. The van der Waals surface area contributed by atoms with Crippen molar-refractivity contribution >= 4 is 23.2 Å². The molecule has 0 aliphatic heterocycles. The zero-order valence-corrected chi connectivity index (χ0v) is 13.5. The van der Waals surface area contributed by atoms with Gasteiger partial charge in [-0.3, -0.25) is 0 Å². The van der Waals surface area contributed by atoms with E-state index >= 15 is 0 Å². The largest absolute Gasteiger partial charge is 0.338 e. The quantitative estimate of drug-likeness (QED) is 0.722. The molecule has 0 saturated heterocycles. The second-order valence-electron chi connectivity index (χ2n) is 5.01. The summed E-state index contributed by atoms with van der Waals surface area (Å²) in [7, 11) is 1.94. The van der Waals surface area contributed by atoms with Gasteiger partial charge in [0, 0.05) is 12.1 Å². The fourth-order valence-electron chi connectivity index (χ4n) is 2.31. The Kier molecular flexibility index (Phi) is 4.48. The molecule has 2 N–H and O–H groups in total. The van der Waals surface area contributed by atoms with Gasteiger partial charge in [-0.05, 0) is 42.4 Å². The number of hydrogen-bond acceptors (Lipinski definition) is 2. The molecule has 5 heteroatoms. The molecule has 2 aromatic carbocycles. The lowest BCUT2D eigenvalue weighted by molar-refractivity contribution is 0.818. The molecule has 0 unspecified atom stereocenters. The van der Waals surface area contributed by atoms with Crippen LogP contribution in [0.4, 0.5) is 0 Å². The van der Waals surface area contributed by atoms with Gasteiger partial charge in [0.05, 0.1) is 21.9 Å². The van der Waals surface area contributed by atoms with Crippen molar-refractivity contribution in [2.75, 3.05) is 7.05 Å². The lowest BCUT2D eigenvalue weighted by Gasteiger charge is -2.03. The average molecular weight is 332 g/mol. The van der Waals surface area contributed by atoms with Crippen molar-refractivity contribution in [1.29, 1.82) is 0 Å². The molecule has 0 amide bonds. The van der Waals surface area contributed by atoms with Gasteiger partial charge >= 0.3 is 0 Å². The molecular weight excluding hydrogens is 317 g/mol. The van der Waals surface area contributed by atoms with E-state index in [4.69, 9.17) is 23.2 Å². The lowest BCUT2D eigenvalue weighted by Crippen LogP contribution is -2.04. The lowest BCUT2D eigenvalue weighted by atomic mass is 10.1. The van der Waals surface area contributed by atoms with Crippen molar-refractivity contribution in [3.05, 3.63) is 64.3 Å².